The predicted octanol–water partition coefficient (Wildman–Crippen LogP) is 2.25. The average Bonchev–Trinajstić information content (AvgIpc) is 2.82. The Morgan fingerprint density at radius 1 is 1.41 bits per heavy atom. The van der Waals surface area contributed by atoms with Gasteiger partial charge >= 0.3 is 0 Å². The topological polar surface area (TPSA) is 59.9 Å². The van der Waals surface area contributed by atoms with Crippen LogP contribution >= 0.6 is 22.9 Å². The zero-order valence-electron chi connectivity index (χ0n) is 9.18. The number of hydrogen-bond donors (Lipinski definition) is 1. The van der Waals surface area contributed by atoms with Crippen LogP contribution in [0.5, 0.6) is 5.75 Å². The summed E-state index contributed by atoms with van der Waals surface area (Å²) in [4.78, 5) is 12.1. The van der Waals surface area contributed by atoms with Crippen molar-refractivity contribution in [2.45, 2.75) is 6.42 Å². The molecule has 0 aliphatic heterocycles. The van der Waals surface area contributed by atoms with Crippen molar-refractivity contribution in [3.63, 3.8) is 0 Å². The molecule has 0 radical (unpaired) electrons. The van der Waals surface area contributed by atoms with Gasteiger partial charge in [-0.25, -0.2) is 15.0 Å². The van der Waals surface area contributed by atoms with Crippen LogP contribution in [0.2, 0.25) is 5.15 Å². The Bertz CT molecular complexity index is 477. The largest absolute Gasteiger partial charge is 0.490 e. The van der Waals surface area contributed by atoms with E-state index in [-0.39, 0.29) is 0 Å². The van der Waals surface area contributed by atoms with Gasteiger partial charge in [0.25, 0.3) is 0 Å². The van der Waals surface area contributed by atoms with Crippen LogP contribution in [0.3, 0.4) is 0 Å². The molecule has 1 N–H and O–H groups in total. The minimum Gasteiger partial charge on any atom is -0.490 e. The van der Waals surface area contributed by atoms with Crippen LogP contribution in [0.1, 0.15) is 5.69 Å². The fourth-order valence-electron chi connectivity index (χ4n) is 1.33. The van der Waals surface area contributed by atoms with Gasteiger partial charge in [-0.05, 0) is 0 Å². The SMILES string of the molecule is COc1c(Cl)ncnc1NCCc1cscn1. The number of nitrogens with zero attached hydrogens (tertiary/aromatic N) is 3. The van der Waals surface area contributed by atoms with Gasteiger partial charge in [-0.15, -0.1) is 11.3 Å². The first-order valence-electron chi connectivity index (χ1n) is 4.96. The zero-order valence-corrected chi connectivity index (χ0v) is 10.8. The highest BCUT2D eigenvalue weighted by molar-refractivity contribution is 7.07. The molecule has 17 heavy (non-hydrogen) atoms. The van der Waals surface area contributed by atoms with Crippen molar-refractivity contribution in [2.75, 3.05) is 19.0 Å². The van der Waals surface area contributed by atoms with Gasteiger partial charge in [0.15, 0.2) is 16.7 Å². The highest BCUT2D eigenvalue weighted by atomic mass is 35.5. The molecule has 0 aliphatic carbocycles. The van der Waals surface area contributed by atoms with Crippen molar-refractivity contribution in [2.24, 2.45) is 0 Å². The number of rotatable bonds is 5. The quantitative estimate of drug-likeness (QED) is 0.845. The van der Waals surface area contributed by atoms with Crippen molar-refractivity contribution < 1.29 is 4.74 Å². The second-order valence-corrected chi connectivity index (χ2v) is 4.28. The first-order chi connectivity index (χ1) is 8.31. The molecule has 2 aromatic heterocycles. The second kappa shape index (κ2) is 5.79. The molecule has 0 unspecified atom stereocenters. The van der Waals surface area contributed by atoms with E-state index in [1.807, 2.05) is 10.9 Å². The molecular formula is C10H11ClN4OS. The van der Waals surface area contributed by atoms with Crippen molar-refractivity contribution in [1.82, 2.24) is 15.0 Å². The standard InChI is InChI=1S/C10H11ClN4OS/c1-16-8-9(11)13-5-14-10(8)12-3-2-7-4-17-6-15-7/h4-6H,2-3H2,1H3,(H,12,13,14). The van der Waals surface area contributed by atoms with Gasteiger partial charge in [0.05, 0.1) is 18.3 Å². The van der Waals surface area contributed by atoms with Crippen LogP contribution in [0, 0.1) is 0 Å². The van der Waals surface area contributed by atoms with Gasteiger partial charge < -0.3 is 10.1 Å². The van der Waals surface area contributed by atoms with Gasteiger partial charge in [0.2, 0.25) is 0 Å². The summed E-state index contributed by atoms with van der Waals surface area (Å²) in [6.45, 7) is 0.716. The molecule has 0 saturated heterocycles. The van der Waals surface area contributed by atoms with Crippen LogP contribution in [0.4, 0.5) is 5.82 Å². The van der Waals surface area contributed by atoms with E-state index in [2.05, 4.69) is 20.3 Å². The number of aromatic nitrogens is 3. The van der Waals surface area contributed by atoms with Crippen molar-refractivity contribution >= 4 is 28.8 Å². The van der Waals surface area contributed by atoms with E-state index < -0.39 is 0 Å². The number of methoxy groups -OCH3 is 1. The predicted molar refractivity (Wildman–Crippen MR) is 67.9 cm³/mol. The number of hydrogen-bond acceptors (Lipinski definition) is 6. The number of nitrogens with one attached hydrogen (secondary N) is 1. The Balaban J connectivity index is 1.97. The van der Waals surface area contributed by atoms with E-state index in [4.69, 9.17) is 16.3 Å². The number of anilines is 1. The van der Waals surface area contributed by atoms with Crippen LogP contribution in [0.15, 0.2) is 17.2 Å². The summed E-state index contributed by atoms with van der Waals surface area (Å²) < 4.78 is 5.13. The Morgan fingerprint density at radius 3 is 3.00 bits per heavy atom. The van der Waals surface area contributed by atoms with Gasteiger partial charge in [0.1, 0.15) is 6.33 Å². The Labute approximate surface area is 108 Å². The fraction of sp³-hybridized carbons (Fsp3) is 0.300. The lowest BCUT2D eigenvalue weighted by Crippen LogP contribution is -2.08. The van der Waals surface area contributed by atoms with Crippen LogP contribution < -0.4 is 10.1 Å². The van der Waals surface area contributed by atoms with E-state index in [0.29, 0.717) is 23.3 Å². The lowest BCUT2D eigenvalue weighted by Gasteiger charge is -2.09. The molecule has 0 aliphatic rings. The zero-order chi connectivity index (χ0) is 12.1. The third-order valence-electron chi connectivity index (χ3n) is 2.12. The minimum atomic E-state index is 0.304. The highest BCUT2D eigenvalue weighted by Gasteiger charge is 2.09. The van der Waals surface area contributed by atoms with Crippen LogP contribution in [-0.4, -0.2) is 28.6 Å². The summed E-state index contributed by atoms with van der Waals surface area (Å²) >= 11 is 7.47. The second-order valence-electron chi connectivity index (χ2n) is 3.20. The lowest BCUT2D eigenvalue weighted by molar-refractivity contribution is 0.413. The molecule has 0 saturated carbocycles. The summed E-state index contributed by atoms with van der Waals surface area (Å²) in [5, 5.41) is 5.47. The van der Waals surface area contributed by atoms with E-state index in [9.17, 15) is 0 Å². The monoisotopic (exact) mass is 270 g/mol. The third-order valence-corrected chi connectivity index (χ3v) is 3.03. The first kappa shape index (κ1) is 12.1. The molecule has 0 atom stereocenters. The normalized spacial score (nSPS) is 10.2. The van der Waals surface area contributed by atoms with Gasteiger partial charge in [-0.3, -0.25) is 0 Å². The smallest absolute Gasteiger partial charge is 0.198 e. The van der Waals surface area contributed by atoms with E-state index >= 15 is 0 Å². The molecule has 90 valence electrons. The molecule has 0 spiro atoms. The summed E-state index contributed by atoms with van der Waals surface area (Å²) in [5.41, 5.74) is 2.87. The van der Waals surface area contributed by atoms with Crippen molar-refractivity contribution in [1.29, 1.82) is 0 Å². The van der Waals surface area contributed by atoms with Crippen molar-refractivity contribution in [3.8, 4) is 5.75 Å². The summed E-state index contributed by atoms with van der Waals surface area (Å²) in [7, 11) is 1.54. The number of thiazole rings is 1. The molecule has 0 amide bonds. The van der Waals surface area contributed by atoms with Crippen molar-refractivity contribution in [3.05, 3.63) is 28.1 Å². The summed E-state index contributed by atoms with van der Waals surface area (Å²) in [6.07, 6.45) is 2.23. The van der Waals surface area contributed by atoms with Crippen LogP contribution in [0.25, 0.3) is 0 Å². The van der Waals surface area contributed by atoms with E-state index in [1.54, 1.807) is 11.3 Å². The fourth-order valence-corrected chi connectivity index (χ4v) is 2.13. The maximum absolute atomic E-state index is 5.88. The van der Waals surface area contributed by atoms with Gasteiger partial charge in [-0.2, -0.15) is 0 Å². The summed E-state index contributed by atoms with van der Waals surface area (Å²) in [5.74, 6) is 1.06. The Kier molecular flexibility index (Phi) is 4.11. The molecular weight excluding hydrogens is 260 g/mol. The summed E-state index contributed by atoms with van der Waals surface area (Å²) in [6, 6.07) is 0. The highest BCUT2D eigenvalue weighted by Crippen LogP contribution is 2.28. The maximum Gasteiger partial charge on any atom is 0.198 e. The maximum atomic E-state index is 5.88. The molecule has 2 rings (SSSR count). The molecule has 5 nitrogen and oxygen atoms in total. The molecule has 0 aromatic carbocycles. The van der Waals surface area contributed by atoms with Crippen LogP contribution in [-0.2, 0) is 6.42 Å². The van der Waals surface area contributed by atoms with E-state index in [1.165, 1.54) is 13.4 Å². The number of halogens is 1. The molecule has 0 fully saturated rings. The molecule has 7 heteroatoms. The molecule has 2 heterocycles. The Hall–Kier alpha value is -1.40. The minimum absolute atomic E-state index is 0.304. The van der Waals surface area contributed by atoms with Gasteiger partial charge in [0, 0.05) is 18.3 Å². The first-order valence-corrected chi connectivity index (χ1v) is 6.28. The lowest BCUT2D eigenvalue weighted by atomic mass is 10.3. The average molecular weight is 271 g/mol. The van der Waals surface area contributed by atoms with E-state index in [0.717, 1.165) is 12.1 Å². The van der Waals surface area contributed by atoms with Gasteiger partial charge in [-0.1, -0.05) is 11.6 Å². The number of ether oxygens (including phenoxy) is 1. The molecule has 0 bridgehead atoms. The Morgan fingerprint density at radius 2 is 2.29 bits per heavy atom. The third kappa shape index (κ3) is 3.04. The molecule has 2 aromatic rings.